The number of nitrogens with two attached hydrogens (primary N) is 1. The van der Waals surface area contributed by atoms with Crippen LogP contribution >= 0.6 is 24.2 Å². The van der Waals surface area contributed by atoms with Crippen LogP contribution in [0.1, 0.15) is 40.7 Å². The Morgan fingerprint density at radius 2 is 2.04 bits per heavy atom. The number of aryl methyl sites for hydroxylation is 2. The molecule has 28 heavy (non-hydrogen) atoms. The van der Waals surface area contributed by atoms with E-state index in [1.165, 1.54) is 11.8 Å². The van der Waals surface area contributed by atoms with Crippen LogP contribution in [0, 0.1) is 13.8 Å². The van der Waals surface area contributed by atoms with Gasteiger partial charge in [-0.15, -0.1) is 17.5 Å². The van der Waals surface area contributed by atoms with Gasteiger partial charge < -0.3 is 11.1 Å². The van der Waals surface area contributed by atoms with E-state index in [-0.39, 0.29) is 24.4 Å². The number of hydrogen-bond acceptors (Lipinski definition) is 6. The zero-order valence-corrected chi connectivity index (χ0v) is 17.8. The van der Waals surface area contributed by atoms with Crippen LogP contribution in [0.3, 0.4) is 0 Å². The minimum absolute atomic E-state index is 0. The molecule has 1 aromatic carbocycles. The molecule has 1 amide bonds. The third-order valence-electron chi connectivity index (χ3n) is 4.10. The first kappa shape index (κ1) is 22.1. The first-order valence-corrected chi connectivity index (χ1v) is 9.88. The average Bonchev–Trinajstić information content (AvgIpc) is 3.03. The first-order chi connectivity index (χ1) is 12.9. The number of aromatic nitrogens is 4. The van der Waals surface area contributed by atoms with E-state index in [9.17, 15) is 4.79 Å². The molecule has 3 N–H and O–H groups in total. The highest BCUT2D eigenvalue weighted by Crippen LogP contribution is 2.22. The van der Waals surface area contributed by atoms with Gasteiger partial charge in [-0.3, -0.25) is 4.79 Å². The van der Waals surface area contributed by atoms with E-state index in [0.717, 1.165) is 23.4 Å². The molecule has 0 radical (unpaired) electrons. The van der Waals surface area contributed by atoms with Crippen LogP contribution in [0.5, 0.6) is 0 Å². The summed E-state index contributed by atoms with van der Waals surface area (Å²) in [6, 6.07) is 9.63. The highest BCUT2D eigenvalue weighted by molar-refractivity contribution is 7.98. The zero-order valence-electron chi connectivity index (χ0n) is 16.2. The van der Waals surface area contributed by atoms with Gasteiger partial charge in [-0.25, -0.2) is 9.50 Å². The third-order valence-corrected chi connectivity index (χ3v) is 4.99. The van der Waals surface area contributed by atoms with Crippen molar-refractivity contribution in [3.63, 3.8) is 0 Å². The molecular formula is C19H25ClN6OS. The van der Waals surface area contributed by atoms with Crippen LogP contribution in [0.2, 0.25) is 0 Å². The fraction of sp³-hybridized carbons (Fsp3) is 0.368. The summed E-state index contributed by atoms with van der Waals surface area (Å²) in [4.78, 5) is 21.4. The fourth-order valence-electron chi connectivity index (χ4n) is 2.73. The quantitative estimate of drug-likeness (QED) is 0.570. The molecule has 150 valence electrons. The molecule has 2 aromatic heterocycles. The molecule has 0 saturated heterocycles. The Balaban J connectivity index is 0.00000280. The number of amides is 1. The van der Waals surface area contributed by atoms with Crippen LogP contribution in [-0.4, -0.2) is 38.1 Å². The molecule has 3 rings (SSSR count). The molecular weight excluding hydrogens is 396 g/mol. The number of rotatable bonds is 7. The normalized spacial score (nSPS) is 11.9. The maximum absolute atomic E-state index is 12.5. The van der Waals surface area contributed by atoms with Gasteiger partial charge in [0.05, 0.1) is 0 Å². The van der Waals surface area contributed by atoms with E-state index in [0.29, 0.717) is 28.8 Å². The largest absolute Gasteiger partial charge is 0.352 e. The van der Waals surface area contributed by atoms with Gasteiger partial charge in [-0.05, 0) is 44.9 Å². The van der Waals surface area contributed by atoms with Gasteiger partial charge in [0.15, 0.2) is 0 Å². The summed E-state index contributed by atoms with van der Waals surface area (Å²) in [5.74, 6) is 1.12. The molecule has 1 atom stereocenters. The Morgan fingerprint density at radius 1 is 1.29 bits per heavy atom. The van der Waals surface area contributed by atoms with Crippen molar-refractivity contribution in [3.8, 4) is 0 Å². The number of carbonyl (C=O) groups is 1. The molecule has 0 aliphatic carbocycles. The number of nitrogens with one attached hydrogen (secondary N) is 1. The van der Waals surface area contributed by atoms with E-state index < -0.39 is 0 Å². The lowest BCUT2D eigenvalue weighted by Crippen LogP contribution is -2.29. The van der Waals surface area contributed by atoms with Crippen molar-refractivity contribution in [3.05, 3.63) is 52.8 Å². The average molecular weight is 421 g/mol. The Kier molecular flexibility index (Phi) is 7.79. The lowest BCUT2D eigenvalue weighted by Gasteiger charge is -2.10. The van der Waals surface area contributed by atoms with E-state index in [1.54, 1.807) is 4.52 Å². The second kappa shape index (κ2) is 9.86. The number of hydrogen-bond donors (Lipinski definition) is 2. The lowest BCUT2D eigenvalue weighted by atomic mass is 10.1. The van der Waals surface area contributed by atoms with E-state index in [2.05, 4.69) is 20.4 Å². The maximum Gasteiger partial charge on any atom is 0.253 e. The summed E-state index contributed by atoms with van der Waals surface area (Å²) in [5, 5.41) is 8.08. The number of fused-ring (bicyclic) bond motifs is 1. The fourth-order valence-corrected chi connectivity index (χ4v) is 3.55. The van der Waals surface area contributed by atoms with Crippen molar-refractivity contribution in [2.75, 3.05) is 6.54 Å². The lowest BCUT2D eigenvalue weighted by molar-refractivity contribution is 0.0952. The Hall–Kier alpha value is -2.16. The summed E-state index contributed by atoms with van der Waals surface area (Å²) in [7, 11) is 0. The second-order valence-electron chi connectivity index (χ2n) is 6.61. The van der Waals surface area contributed by atoms with Gasteiger partial charge in [-0.2, -0.15) is 4.98 Å². The van der Waals surface area contributed by atoms with Crippen molar-refractivity contribution in [1.82, 2.24) is 24.9 Å². The standard InChI is InChI=1S/C19H24N6OS.ClH/c1-12(20)8-9-21-17(26)16-7-5-4-6-15(16)11-27-19-23-18-22-13(2)10-14(3)25(18)24-19;/h4-7,10,12H,8-9,11,20H2,1-3H3,(H,21,26);1H. The van der Waals surface area contributed by atoms with Crippen LogP contribution in [-0.2, 0) is 5.75 Å². The monoisotopic (exact) mass is 420 g/mol. The van der Waals surface area contributed by atoms with Crippen molar-refractivity contribution in [2.45, 2.75) is 44.1 Å². The third kappa shape index (κ3) is 5.43. The number of halogens is 1. The highest BCUT2D eigenvalue weighted by atomic mass is 35.5. The number of thioether (sulfide) groups is 1. The number of benzene rings is 1. The first-order valence-electron chi connectivity index (χ1n) is 8.89. The number of carbonyl (C=O) groups excluding carboxylic acids is 1. The molecule has 2 heterocycles. The Bertz CT molecular complexity index is 959. The second-order valence-corrected chi connectivity index (χ2v) is 7.56. The number of nitrogens with zero attached hydrogens (tertiary/aromatic N) is 4. The maximum atomic E-state index is 12.5. The van der Waals surface area contributed by atoms with Crippen molar-refractivity contribution in [2.24, 2.45) is 5.73 Å². The SMILES string of the molecule is Cc1cc(C)n2nc(SCc3ccccc3C(=O)NCCC(C)N)nc2n1.Cl. The van der Waals surface area contributed by atoms with Crippen LogP contribution < -0.4 is 11.1 Å². The van der Waals surface area contributed by atoms with Gasteiger partial charge in [0.2, 0.25) is 5.16 Å². The van der Waals surface area contributed by atoms with Gasteiger partial charge in [-0.1, -0.05) is 30.0 Å². The molecule has 0 fully saturated rings. The molecule has 0 bridgehead atoms. The predicted octanol–water partition coefficient (Wildman–Crippen LogP) is 2.92. The minimum atomic E-state index is -0.0806. The molecule has 0 saturated carbocycles. The molecule has 0 spiro atoms. The Morgan fingerprint density at radius 3 is 2.79 bits per heavy atom. The highest BCUT2D eigenvalue weighted by Gasteiger charge is 2.13. The van der Waals surface area contributed by atoms with E-state index in [1.807, 2.05) is 51.1 Å². The van der Waals surface area contributed by atoms with Crippen LogP contribution in [0.25, 0.3) is 5.78 Å². The Labute approximate surface area is 174 Å². The summed E-state index contributed by atoms with van der Waals surface area (Å²) < 4.78 is 1.74. The van der Waals surface area contributed by atoms with Crippen molar-refractivity contribution < 1.29 is 4.79 Å². The smallest absolute Gasteiger partial charge is 0.253 e. The van der Waals surface area contributed by atoms with Crippen LogP contribution in [0.4, 0.5) is 0 Å². The molecule has 9 heteroatoms. The summed E-state index contributed by atoms with van der Waals surface area (Å²) >= 11 is 1.49. The zero-order chi connectivity index (χ0) is 19.4. The molecule has 0 aliphatic heterocycles. The minimum Gasteiger partial charge on any atom is -0.352 e. The predicted molar refractivity (Wildman–Crippen MR) is 114 cm³/mol. The molecule has 7 nitrogen and oxygen atoms in total. The van der Waals surface area contributed by atoms with Crippen molar-refractivity contribution >= 4 is 35.9 Å². The summed E-state index contributed by atoms with van der Waals surface area (Å²) in [6.07, 6.45) is 0.750. The molecule has 1 unspecified atom stereocenters. The topological polar surface area (TPSA) is 98.2 Å². The van der Waals surface area contributed by atoms with Gasteiger partial charge in [0.25, 0.3) is 11.7 Å². The molecule has 3 aromatic rings. The van der Waals surface area contributed by atoms with Gasteiger partial charge >= 0.3 is 0 Å². The van der Waals surface area contributed by atoms with Gasteiger partial charge in [0, 0.05) is 35.3 Å². The van der Waals surface area contributed by atoms with Gasteiger partial charge in [0.1, 0.15) is 0 Å². The molecule has 0 aliphatic rings. The summed E-state index contributed by atoms with van der Waals surface area (Å²) in [5.41, 5.74) is 9.26. The summed E-state index contributed by atoms with van der Waals surface area (Å²) in [6.45, 7) is 6.41. The van der Waals surface area contributed by atoms with Crippen LogP contribution in [0.15, 0.2) is 35.5 Å². The van der Waals surface area contributed by atoms with E-state index in [4.69, 9.17) is 5.73 Å². The van der Waals surface area contributed by atoms with Crippen molar-refractivity contribution in [1.29, 1.82) is 0 Å². The van der Waals surface area contributed by atoms with E-state index >= 15 is 0 Å².